The second-order valence-corrected chi connectivity index (χ2v) is 5.19. The van der Waals surface area contributed by atoms with E-state index in [1.165, 1.54) is 43.4 Å². The molecule has 1 fully saturated rings. The van der Waals surface area contributed by atoms with E-state index >= 15 is 0 Å². The summed E-state index contributed by atoms with van der Waals surface area (Å²) in [5, 5.41) is 3.60. The second-order valence-electron chi connectivity index (χ2n) is 5.19. The summed E-state index contributed by atoms with van der Waals surface area (Å²) in [5.41, 5.74) is 2.70. The minimum absolute atomic E-state index is 0.734. The fraction of sp³-hybridized carbons (Fsp3) is 0.625. The fourth-order valence-corrected chi connectivity index (χ4v) is 2.71. The molecule has 0 saturated heterocycles. The van der Waals surface area contributed by atoms with Crippen LogP contribution in [-0.2, 0) is 17.9 Å². The van der Waals surface area contributed by atoms with E-state index in [0.29, 0.717) is 0 Å². The summed E-state index contributed by atoms with van der Waals surface area (Å²) in [5.74, 6) is 0.907. The number of rotatable bonds is 7. The van der Waals surface area contributed by atoms with Crippen LogP contribution in [-0.4, -0.2) is 13.2 Å². The van der Waals surface area contributed by atoms with Crippen LogP contribution in [0.25, 0.3) is 0 Å². The first-order chi connectivity index (χ1) is 8.90. The van der Waals surface area contributed by atoms with Gasteiger partial charge in [0.25, 0.3) is 0 Å². The molecule has 0 aliphatic heterocycles. The summed E-state index contributed by atoms with van der Waals surface area (Å²) in [6.45, 7) is 5.70. The van der Waals surface area contributed by atoms with E-state index in [2.05, 4.69) is 29.6 Å². The third-order valence-corrected chi connectivity index (χ3v) is 3.80. The molecule has 1 N–H and O–H groups in total. The Morgan fingerprint density at radius 3 is 2.61 bits per heavy atom. The Morgan fingerprint density at radius 1 is 1.17 bits per heavy atom. The summed E-state index contributed by atoms with van der Waals surface area (Å²) in [7, 11) is 0. The number of hydrogen-bond donors (Lipinski definition) is 1. The van der Waals surface area contributed by atoms with E-state index in [1.807, 2.05) is 6.92 Å². The summed E-state index contributed by atoms with van der Waals surface area (Å²) in [4.78, 5) is 0. The maximum atomic E-state index is 5.51. The number of ether oxygens (including phenoxy) is 1. The van der Waals surface area contributed by atoms with Gasteiger partial charge in [-0.2, -0.15) is 0 Å². The van der Waals surface area contributed by atoms with Gasteiger partial charge in [-0.05, 0) is 43.4 Å². The second kappa shape index (κ2) is 7.55. The molecule has 0 amide bonds. The SMILES string of the molecule is CCOCc1ccccc1CNCC1CCCC1. The van der Waals surface area contributed by atoms with Gasteiger partial charge >= 0.3 is 0 Å². The van der Waals surface area contributed by atoms with Gasteiger partial charge < -0.3 is 10.1 Å². The van der Waals surface area contributed by atoms with Crippen molar-refractivity contribution in [1.82, 2.24) is 5.32 Å². The molecule has 0 bridgehead atoms. The molecular formula is C16H25NO. The van der Waals surface area contributed by atoms with Crippen LogP contribution in [0.4, 0.5) is 0 Å². The van der Waals surface area contributed by atoms with E-state index in [9.17, 15) is 0 Å². The Balaban J connectivity index is 1.79. The highest BCUT2D eigenvalue weighted by Crippen LogP contribution is 2.23. The van der Waals surface area contributed by atoms with Crippen molar-refractivity contribution in [1.29, 1.82) is 0 Å². The van der Waals surface area contributed by atoms with E-state index in [1.54, 1.807) is 0 Å². The van der Waals surface area contributed by atoms with Gasteiger partial charge in [-0.3, -0.25) is 0 Å². The lowest BCUT2D eigenvalue weighted by Crippen LogP contribution is -2.21. The average Bonchev–Trinajstić information content (AvgIpc) is 2.91. The molecule has 2 nitrogen and oxygen atoms in total. The molecule has 0 unspecified atom stereocenters. The van der Waals surface area contributed by atoms with Crippen molar-refractivity contribution in [3.63, 3.8) is 0 Å². The van der Waals surface area contributed by atoms with E-state index in [0.717, 1.165) is 25.7 Å². The third-order valence-electron chi connectivity index (χ3n) is 3.80. The number of benzene rings is 1. The molecule has 100 valence electrons. The van der Waals surface area contributed by atoms with Crippen molar-refractivity contribution < 1.29 is 4.74 Å². The Hall–Kier alpha value is -0.860. The summed E-state index contributed by atoms with van der Waals surface area (Å²) >= 11 is 0. The van der Waals surface area contributed by atoms with Crippen LogP contribution >= 0.6 is 0 Å². The third kappa shape index (κ3) is 4.11. The standard InChI is InChI=1S/C16H25NO/c1-2-18-13-16-10-6-5-9-15(16)12-17-11-14-7-3-4-8-14/h5-6,9-10,14,17H,2-4,7-8,11-13H2,1H3. The van der Waals surface area contributed by atoms with Crippen molar-refractivity contribution >= 4 is 0 Å². The normalized spacial score (nSPS) is 16.3. The highest BCUT2D eigenvalue weighted by atomic mass is 16.5. The quantitative estimate of drug-likeness (QED) is 0.796. The van der Waals surface area contributed by atoms with E-state index in [4.69, 9.17) is 4.74 Å². The van der Waals surface area contributed by atoms with Crippen LogP contribution < -0.4 is 5.32 Å². The van der Waals surface area contributed by atoms with Crippen molar-refractivity contribution in [2.24, 2.45) is 5.92 Å². The Labute approximate surface area is 111 Å². The molecule has 1 aliphatic carbocycles. The minimum atomic E-state index is 0.734. The summed E-state index contributed by atoms with van der Waals surface area (Å²) in [6, 6.07) is 8.58. The molecule has 2 rings (SSSR count). The van der Waals surface area contributed by atoms with Crippen LogP contribution in [0.1, 0.15) is 43.7 Å². The molecule has 0 aromatic heterocycles. The van der Waals surface area contributed by atoms with Gasteiger partial charge in [-0.15, -0.1) is 0 Å². The lowest BCUT2D eigenvalue weighted by molar-refractivity contribution is 0.133. The molecule has 0 heterocycles. The topological polar surface area (TPSA) is 21.3 Å². The van der Waals surface area contributed by atoms with Crippen molar-refractivity contribution in [3.05, 3.63) is 35.4 Å². The molecule has 1 aliphatic rings. The molecule has 0 radical (unpaired) electrons. The highest BCUT2D eigenvalue weighted by Gasteiger charge is 2.14. The maximum Gasteiger partial charge on any atom is 0.0719 e. The van der Waals surface area contributed by atoms with Gasteiger partial charge in [0.2, 0.25) is 0 Å². The maximum absolute atomic E-state index is 5.51. The zero-order chi connectivity index (χ0) is 12.6. The smallest absolute Gasteiger partial charge is 0.0719 e. The van der Waals surface area contributed by atoms with Crippen molar-refractivity contribution in [2.45, 2.75) is 45.8 Å². The number of nitrogens with one attached hydrogen (secondary N) is 1. The summed E-state index contributed by atoms with van der Waals surface area (Å²) < 4.78 is 5.51. The fourth-order valence-electron chi connectivity index (χ4n) is 2.71. The first-order valence-electron chi connectivity index (χ1n) is 7.25. The average molecular weight is 247 g/mol. The van der Waals surface area contributed by atoms with Crippen molar-refractivity contribution in [2.75, 3.05) is 13.2 Å². The molecule has 2 heteroatoms. The Bertz CT molecular complexity index is 345. The molecule has 0 atom stereocenters. The predicted octanol–water partition coefficient (Wildman–Crippen LogP) is 3.50. The van der Waals surface area contributed by atoms with E-state index < -0.39 is 0 Å². The monoisotopic (exact) mass is 247 g/mol. The van der Waals surface area contributed by atoms with Crippen LogP contribution in [0.5, 0.6) is 0 Å². The van der Waals surface area contributed by atoms with Gasteiger partial charge in [0.15, 0.2) is 0 Å². The zero-order valence-electron chi connectivity index (χ0n) is 11.5. The van der Waals surface area contributed by atoms with Crippen LogP contribution in [0.2, 0.25) is 0 Å². The lowest BCUT2D eigenvalue weighted by atomic mass is 10.1. The molecule has 1 aromatic rings. The first kappa shape index (κ1) is 13.6. The molecule has 1 saturated carbocycles. The zero-order valence-corrected chi connectivity index (χ0v) is 11.5. The van der Waals surface area contributed by atoms with Gasteiger partial charge in [0.1, 0.15) is 0 Å². The largest absolute Gasteiger partial charge is 0.377 e. The van der Waals surface area contributed by atoms with Crippen LogP contribution in [0.3, 0.4) is 0 Å². The van der Waals surface area contributed by atoms with Crippen molar-refractivity contribution in [3.8, 4) is 0 Å². The minimum Gasteiger partial charge on any atom is -0.377 e. The summed E-state index contributed by atoms with van der Waals surface area (Å²) in [6.07, 6.45) is 5.67. The van der Waals surface area contributed by atoms with Gasteiger partial charge in [-0.25, -0.2) is 0 Å². The Kier molecular flexibility index (Phi) is 5.69. The Morgan fingerprint density at radius 2 is 1.89 bits per heavy atom. The number of hydrogen-bond acceptors (Lipinski definition) is 2. The van der Waals surface area contributed by atoms with E-state index in [-0.39, 0.29) is 0 Å². The molecule has 0 spiro atoms. The van der Waals surface area contributed by atoms with Crippen LogP contribution in [0.15, 0.2) is 24.3 Å². The highest BCUT2D eigenvalue weighted by molar-refractivity contribution is 5.26. The van der Waals surface area contributed by atoms with Gasteiger partial charge in [0, 0.05) is 13.2 Å². The molecular weight excluding hydrogens is 222 g/mol. The predicted molar refractivity (Wildman–Crippen MR) is 75.4 cm³/mol. The lowest BCUT2D eigenvalue weighted by Gasteiger charge is -2.13. The first-order valence-corrected chi connectivity index (χ1v) is 7.25. The molecule has 18 heavy (non-hydrogen) atoms. The van der Waals surface area contributed by atoms with Gasteiger partial charge in [0.05, 0.1) is 6.61 Å². The molecule has 1 aromatic carbocycles. The van der Waals surface area contributed by atoms with Gasteiger partial charge in [-0.1, -0.05) is 37.1 Å². The van der Waals surface area contributed by atoms with Crippen LogP contribution in [0, 0.1) is 5.92 Å².